The van der Waals surface area contributed by atoms with E-state index < -0.39 is 13.2 Å². The van der Waals surface area contributed by atoms with Crippen LogP contribution in [0.4, 0.5) is 0 Å². The van der Waals surface area contributed by atoms with E-state index in [2.05, 4.69) is 6.92 Å². The molecule has 0 fully saturated rings. The second-order valence-corrected chi connectivity index (χ2v) is 6.40. The van der Waals surface area contributed by atoms with Crippen LogP contribution in [0.5, 0.6) is 0 Å². The van der Waals surface area contributed by atoms with E-state index in [1.807, 2.05) is 0 Å². The highest BCUT2D eigenvalue weighted by molar-refractivity contribution is 7.09. The van der Waals surface area contributed by atoms with E-state index >= 15 is 0 Å². The summed E-state index contributed by atoms with van der Waals surface area (Å²) >= 11 is 4.52. The third-order valence-corrected chi connectivity index (χ3v) is 5.02. The van der Waals surface area contributed by atoms with Crippen LogP contribution in [0.3, 0.4) is 0 Å². The van der Waals surface area contributed by atoms with Crippen LogP contribution in [0.15, 0.2) is 0 Å². The average Bonchev–Trinajstić information content (AvgIpc) is 1.68. The van der Waals surface area contributed by atoms with Crippen LogP contribution in [-0.4, -0.2) is 18.0 Å². The van der Waals surface area contributed by atoms with Crippen molar-refractivity contribution in [3.63, 3.8) is 0 Å². The van der Waals surface area contributed by atoms with Crippen LogP contribution in [0.25, 0.3) is 0 Å². The molecule has 0 aliphatic carbocycles. The Morgan fingerprint density at radius 2 is 2.14 bits per heavy atom. The zero-order chi connectivity index (χ0) is 5.70. The van der Waals surface area contributed by atoms with Gasteiger partial charge in [-0.1, -0.05) is 18.6 Å². The summed E-state index contributed by atoms with van der Waals surface area (Å²) in [7, 11) is 5.77. The molecular formula is C4H9AlCl2. The number of hydrogen-bond donors (Lipinski definition) is 0. The molecule has 0 unspecified atom stereocenters. The summed E-state index contributed by atoms with van der Waals surface area (Å²) in [5, 5.41) is 1.17. The lowest BCUT2D eigenvalue weighted by Gasteiger charge is -1.90. The van der Waals surface area contributed by atoms with Crippen molar-refractivity contribution in [1.82, 2.24) is 0 Å². The Hall–Kier alpha value is 1.11. The van der Waals surface area contributed by atoms with Gasteiger partial charge in [0.1, 0.15) is 0 Å². The second kappa shape index (κ2) is 5.25. The maximum atomic E-state index is 5.77. The van der Waals surface area contributed by atoms with Crippen LogP contribution >= 0.6 is 21.7 Å². The van der Waals surface area contributed by atoms with Gasteiger partial charge in [0.2, 0.25) is 0 Å². The van der Waals surface area contributed by atoms with Crippen molar-refractivity contribution in [2.75, 3.05) is 4.74 Å². The number of rotatable bonds is 3. The fourth-order valence-corrected chi connectivity index (χ4v) is 2.29. The maximum Gasteiger partial charge on any atom is 0.414 e. The molecule has 0 N–H and O–H groups in total. The minimum Gasteiger partial charge on any atom is -0.260 e. The van der Waals surface area contributed by atoms with Gasteiger partial charge in [-0.3, -0.25) is 10.0 Å². The van der Waals surface area contributed by atoms with Crippen LogP contribution in [0.2, 0.25) is 5.28 Å². The molecule has 0 rings (SSSR count). The lowest BCUT2D eigenvalue weighted by molar-refractivity contribution is 1.07. The SMILES string of the molecule is CC[CH2][Al]([Cl])[CH2]Cl. The topological polar surface area (TPSA) is 0 Å². The molecule has 0 spiro atoms. The molecule has 7 heavy (non-hydrogen) atoms. The molecule has 0 nitrogen and oxygen atoms in total. The van der Waals surface area contributed by atoms with E-state index in [4.69, 9.17) is 21.7 Å². The largest absolute Gasteiger partial charge is 0.414 e. The normalized spacial score (nSPS) is 9.00. The molecule has 0 heterocycles. The molecule has 0 aromatic heterocycles. The van der Waals surface area contributed by atoms with Crippen molar-refractivity contribution in [2.24, 2.45) is 0 Å². The Balaban J connectivity index is 2.83. The summed E-state index contributed by atoms with van der Waals surface area (Å²) < 4.78 is 0.718. The standard InChI is InChI=1S/C3H7.CH2Cl.Al.ClH/c1-3-2;1-2;;/h1,3H2,2H3;1H2;;1H/q;;+1;/p-1. The molecule has 0 saturated carbocycles. The van der Waals surface area contributed by atoms with E-state index in [0.717, 1.165) is 4.74 Å². The van der Waals surface area contributed by atoms with Gasteiger partial charge in [-0.2, -0.15) is 0 Å². The van der Waals surface area contributed by atoms with Crippen molar-refractivity contribution in [1.29, 1.82) is 0 Å². The van der Waals surface area contributed by atoms with E-state index in [1.54, 1.807) is 0 Å². The fourth-order valence-electron chi connectivity index (χ4n) is 0.390. The van der Waals surface area contributed by atoms with Gasteiger partial charge < -0.3 is 0 Å². The van der Waals surface area contributed by atoms with Gasteiger partial charge in [0.05, 0.1) is 0 Å². The molecule has 0 saturated heterocycles. The van der Waals surface area contributed by atoms with E-state index in [-0.39, 0.29) is 0 Å². The van der Waals surface area contributed by atoms with Gasteiger partial charge >= 0.3 is 13.2 Å². The monoisotopic (exact) mass is 154 g/mol. The predicted octanol–water partition coefficient (Wildman–Crippen LogP) is 2.40. The molecule has 0 radical (unpaired) electrons. The lowest BCUT2D eigenvalue weighted by Crippen LogP contribution is -2.03. The van der Waals surface area contributed by atoms with E-state index in [1.165, 1.54) is 11.7 Å². The smallest absolute Gasteiger partial charge is 0.260 e. The molecule has 3 heteroatoms. The van der Waals surface area contributed by atoms with E-state index in [9.17, 15) is 0 Å². The molecular weight excluding hydrogens is 146 g/mol. The van der Waals surface area contributed by atoms with Crippen molar-refractivity contribution in [3.05, 3.63) is 0 Å². The molecule has 42 valence electrons. The molecule has 0 aromatic rings. The average molecular weight is 155 g/mol. The lowest BCUT2D eigenvalue weighted by atomic mass is 10.6. The quantitative estimate of drug-likeness (QED) is 0.433. The van der Waals surface area contributed by atoms with Crippen molar-refractivity contribution in [2.45, 2.75) is 18.6 Å². The maximum absolute atomic E-state index is 5.77. The Morgan fingerprint density at radius 1 is 1.57 bits per heavy atom. The Bertz CT molecular complexity index is 40.7. The summed E-state index contributed by atoms with van der Waals surface area (Å²) in [6.45, 7) is 2.13. The van der Waals surface area contributed by atoms with Crippen molar-refractivity contribution >= 4 is 34.9 Å². The van der Waals surface area contributed by atoms with Gasteiger partial charge in [0, 0.05) is 0 Å². The fraction of sp³-hybridized carbons (Fsp3) is 1.00. The second-order valence-electron chi connectivity index (χ2n) is 1.54. The van der Waals surface area contributed by atoms with Crippen molar-refractivity contribution < 1.29 is 0 Å². The van der Waals surface area contributed by atoms with Gasteiger partial charge in [-0.25, -0.2) is 0 Å². The highest BCUT2D eigenvalue weighted by atomic mass is 35.6. The Morgan fingerprint density at radius 3 is 2.29 bits per heavy atom. The molecule has 0 aliphatic rings. The molecule has 0 aromatic carbocycles. The molecule has 0 aliphatic heterocycles. The molecule has 0 amide bonds. The third-order valence-electron chi connectivity index (χ3n) is 0.769. The first-order chi connectivity index (χ1) is 3.31. The summed E-state index contributed by atoms with van der Waals surface area (Å²) in [5.41, 5.74) is 0. The van der Waals surface area contributed by atoms with Crippen LogP contribution in [0, 0.1) is 0 Å². The van der Waals surface area contributed by atoms with Crippen LogP contribution in [0.1, 0.15) is 13.3 Å². The first kappa shape index (κ1) is 8.11. The summed E-state index contributed by atoms with van der Waals surface area (Å²) in [6.07, 6.45) is 1.19. The summed E-state index contributed by atoms with van der Waals surface area (Å²) in [6, 6.07) is 0. The van der Waals surface area contributed by atoms with Gasteiger partial charge in [0.15, 0.2) is 0 Å². The zero-order valence-electron chi connectivity index (χ0n) is 4.45. The predicted molar refractivity (Wildman–Crippen MR) is 37.4 cm³/mol. The Labute approximate surface area is 58.4 Å². The van der Waals surface area contributed by atoms with Crippen LogP contribution in [-0.2, 0) is 0 Å². The minimum atomic E-state index is -0.944. The summed E-state index contributed by atoms with van der Waals surface area (Å²) in [4.78, 5) is 0. The molecule has 0 atom stereocenters. The highest BCUT2D eigenvalue weighted by Gasteiger charge is 2.09. The van der Waals surface area contributed by atoms with Crippen molar-refractivity contribution in [3.8, 4) is 0 Å². The van der Waals surface area contributed by atoms with E-state index in [0.29, 0.717) is 0 Å². The molecule has 0 bridgehead atoms. The number of hydrogen-bond acceptors (Lipinski definition) is 0. The number of alkyl halides is 1. The van der Waals surface area contributed by atoms with Gasteiger partial charge in [0.25, 0.3) is 0 Å². The number of halogens is 2. The summed E-state index contributed by atoms with van der Waals surface area (Å²) in [5.74, 6) is 0. The highest BCUT2D eigenvalue weighted by Crippen LogP contribution is 2.02. The van der Waals surface area contributed by atoms with Crippen LogP contribution < -0.4 is 0 Å². The first-order valence-electron chi connectivity index (χ1n) is 2.51. The Kier molecular flexibility index (Phi) is 6.09. The van der Waals surface area contributed by atoms with Gasteiger partial charge in [-0.15, -0.1) is 11.6 Å². The van der Waals surface area contributed by atoms with Gasteiger partial charge in [-0.05, 0) is 4.74 Å². The third kappa shape index (κ3) is 4.98. The first-order valence-corrected chi connectivity index (χ1v) is 6.42. The minimum absolute atomic E-state index is 0.718. The zero-order valence-corrected chi connectivity index (χ0v) is 7.12.